The number of carbonyl (C=O) groups is 1. The molecule has 0 N–H and O–H groups in total. The molecular weight excluding hydrogens is 288 g/mol. The lowest BCUT2D eigenvalue weighted by Gasteiger charge is -2.34. The SMILES string of the molecule is C[C@H]1C[C@H](C)CN(C(=O)COc2ccc(C#N)cc2Cl)C1. The van der Waals surface area contributed by atoms with Gasteiger partial charge in [-0.2, -0.15) is 5.26 Å². The van der Waals surface area contributed by atoms with Crippen molar-refractivity contribution < 1.29 is 9.53 Å². The molecule has 0 aromatic heterocycles. The molecule has 0 aliphatic carbocycles. The van der Waals surface area contributed by atoms with E-state index in [1.165, 1.54) is 6.07 Å². The number of hydrogen-bond acceptors (Lipinski definition) is 3. The van der Waals surface area contributed by atoms with Crippen molar-refractivity contribution in [1.82, 2.24) is 4.90 Å². The van der Waals surface area contributed by atoms with Crippen molar-refractivity contribution in [3.05, 3.63) is 28.8 Å². The van der Waals surface area contributed by atoms with Gasteiger partial charge in [-0.15, -0.1) is 0 Å². The van der Waals surface area contributed by atoms with Gasteiger partial charge in [0.25, 0.3) is 5.91 Å². The molecule has 1 saturated heterocycles. The average Bonchev–Trinajstić information content (AvgIpc) is 2.44. The van der Waals surface area contributed by atoms with Crippen molar-refractivity contribution in [2.75, 3.05) is 19.7 Å². The molecule has 4 nitrogen and oxygen atoms in total. The van der Waals surface area contributed by atoms with E-state index < -0.39 is 0 Å². The fourth-order valence-electron chi connectivity index (χ4n) is 2.78. The minimum atomic E-state index is -0.0228. The van der Waals surface area contributed by atoms with Crippen molar-refractivity contribution in [2.45, 2.75) is 20.3 Å². The number of nitriles is 1. The first kappa shape index (κ1) is 15.7. The van der Waals surface area contributed by atoms with Crippen molar-refractivity contribution in [3.8, 4) is 11.8 Å². The van der Waals surface area contributed by atoms with E-state index in [1.807, 2.05) is 11.0 Å². The Kier molecular flexibility index (Phi) is 5.08. The highest BCUT2D eigenvalue weighted by Gasteiger charge is 2.25. The summed E-state index contributed by atoms with van der Waals surface area (Å²) in [6.45, 7) is 5.87. The third-order valence-electron chi connectivity index (χ3n) is 3.63. The normalized spacial score (nSPS) is 21.7. The number of ether oxygens (including phenoxy) is 1. The predicted octanol–water partition coefficient (Wildman–Crippen LogP) is 3.09. The molecule has 1 fully saturated rings. The van der Waals surface area contributed by atoms with Gasteiger partial charge >= 0.3 is 0 Å². The van der Waals surface area contributed by atoms with Crippen LogP contribution >= 0.6 is 11.6 Å². The molecule has 2 atom stereocenters. The van der Waals surface area contributed by atoms with Crippen LogP contribution < -0.4 is 4.74 Å². The molecule has 0 radical (unpaired) electrons. The van der Waals surface area contributed by atoms with E-state index in [0.717, 1.165) is 19.5 Å². The Hall–Kier alpha value is -1.73. The van der Waals surface area contributed by atoms with Crippen molar-refractivity contribution in [3.63, 3.8) is 0 Å². The lowest BCUT2D eigenvalue weighted by atomic mass is 9.92. The van der Waals surface area contributed by atoms with Crippen LogP contribution in [0.25, 0.3) is 0 Å². The molecule has 21 heavy (non-hydrogen) atoms. The fraction of sp³-hybridized carbons (Fsp3) is 0.500. The van der Waals surface area contributed by atoms with Crippen molar-refractivity contribution in [2.24, 2.45) is 11.8 Å². The van der Waals surface area contributed by atoms with Crippen LogP contribution in [-0.2, 0) is 4.79 Å². The quantitative estimate of drug-likeness (QED) is 0.862. The molecule has 1 aliphatic heterocycles. The van der Waals surface area contributed by atoms with Gasteiger partial charge in [0.15, 0.2) is 6.61 Å². The summed E-state index contributed by atoms with van der Waals surface area (Å²) in [5, 5.41) is 9.13. The molecule has 1 aromatic rings. The first-order valence-electron chi connectivity index (χ1n) is 7.09. The van der Waals surface area contributed by atoms with Gasteiger partial charge in [0, 0.05) is 13.1 Å². The molecule has 112 valence electrons. The highest BCUT2D eigenvalue weighted by molar-refractivity contribution is 6.32. The number of hydrogen-bond donors (Lipinski definition) is 0. The maximum atomic E-state index is 12.2. The second-order valence-electron chi connectivity index (χ2n) is 5.79. The number of halogens is 1. The lowest BCUT2D eigenvalue weighted by molar-refractivity contribution is -0.136. The Morgan fingerprint density at radius 2 is 2.10 bits per heavy atom. The highest BCUT2D eigenvalue weighted by Crippen LogP contribution is 2.26. The van der Waals surface area contributed by atoms with E-state index in [0.29, 0.717) is 28.2 Å². The number of rotatable bonds is 3. The number of benzene rings is 1. The molecule has 5 heteroatoms. The summed E-state index contributed by atoms with van der Waals surface area (Å²) in [5.74, 6) is 1.46. The Bertz CT molecular complexity index is 558. The topological polar surface area (TPSA) is 53.3 Å². The van der Waals surface area contributed by atoms with E-state index in [9.17, 15) is 4.79 Å². The highest BCUT2D eigenvalue weighted by atomic mass is 35.5. The summed E-state index contributed by atoms with van der Waals surface area (Å²) < 4.78 is 5.49. The van der Waals surface area contributed by atoms with Gasteiger partial charge in [-0.3, -0.25) is 4.79 Å². The third-order valence-corrected chi connectivity index (χ3v) is 3.93. The molecule has 0 saturated carbocycles. The number of amides is 1. The van der Waals surface area contributed by atoms with Gasteiger partial charge < -0.3 is 9.64 Å². The molecule has 0 unspecified atom stereocenters. The third kappa shape index (κ3) is 4.12. The van der Waals surface area contributed by atoms with E-state index in [2.05, 4.69) is 13.8 Å². The monoisotopic (exact) mass is 306 g/mol. The molecule has 1 amide bonds. The summed E-state index contributed by atoms with van der Waals surface area (Å²) in [6.07, 6.45) is 1.16. The van der Waals surface area contributed by atoms with Crippen LogP contribution in [0.15, 0.2) is 18.2 Å². The summed E-state index contributed by atoms with van der Waals surface area (Å²) in [6, 6.07) is 6.78. The van der Waals surface area contributed by atoms with Crippen LogP contribution in [-0.4, -0.2) is 30.5 Å². The molecule has 2 rings (SSSR count). The van der Waals surface area contributed by atoms with Crippen LogP contribution in [0.4, 0.5) is 0 Å². The lowest BCUT2D eigenvalue weighted by Crippen LogP contribution is -2.44. The number of piperidine rings is 1. The Morgan fingerprint density at radius 3 is 2.67 bits per heavy atom. The molecule has 0 spiro atoms. The first-order chi connectivity index (χ1) is 9.99. The standard InChI is InChI=1S/C16H19ClN2O2/c1-11-5-12(2)9-19(8-11)16(20)10-21-15-4-3-13(7-18)6-14(15)17/h3-4,6,11-12H,5,8-10H2,1-2H3/t11-,12-/m0/s1. The minimum Gasteiger partial charge on any atom is -0.482 e. The van der Waals surface area contributed by atoms with Crippen molar-refractivity contribution in [1.29, 1.82) is 5.26 Å². The van der Waals surface area contributed by atoms with Crippen LogP contribution in [0.3, 0.4) is 0 Å². The Labute approximate surface area is 130 Å². The maximum Gasteiger partial charge on any atom is 0.260 e. The molecule has 1 aliphatic rings. The maximum absolute atomic E-state index is 12.2. The number of likely N-dealkylation sites (tertiary alicyclic amines) is 1. The Morgan fingerprint density at radius 1 is 1.43 bits per heavy atom. The molecular formula is C16H19ClN2O2. The number of carbonyl (C=O) groups excluding carboxylic acids is 1. The molecule has 0 bridgehead atoms. The molecule has 1 heterocycles. The van der Waals surface area contributed by atoms with E-state index in [-0.39, 0.29) is 12.5 Å². The second-order valence-corrected chi connectivity index (χ2v) is 6.20. The van der Waals surface area contributed by atoms with Gasteiger partial charge in [0.05, 0.1) is 16.7 Å². The zero-order valence-electron chi connectivity index (χ0n) is 12.3. The summed E-state index contributed by atoms with van der Waals surface area (Å²) in [4.78, 5) is 14.1. The van der Waals surface area contributed by atoms with Gasteiger partial charge in [0.2, 0.25) is 0 Å². The zero-order valence-corrected chi connectivity index (χ0v) is 13.1. The van der Waals surface area contributed by atoms with Gasteiger partial charge in [-0.1, -0.05) is 25.4 Å². The summed E-state index contributed by atoms with van der Waals surface area (Å²) in [5.41, 5.74) is 0.470. The van der Waals surface area contributed by atoms with E-state index >= 15 is 0 Å². The number of nitrogens with zero attached hydrogens (tertiary/aromatic N) is 2. The Balaban J connectivity index is 1.93. The smallest absolute Gasteiger partial charge is 0.260 e. The van der Waals surface area contributed by atoms with Crippen LogP contribution in [0.5, 0.6) is 5.75 Å². The van der Waals surface area contributed by atoms with Gasteiger partial charge in [0.1, 0.15) is 5.75 Å². The average molecular weight is 307 g/mol. The summed E-state index contributed by atoms with van der Waals surface area (Å²) >= 11 is 6.02. The first-order valence-corrected chi connectivity index (χ1v) is 7.47. The second kappa shape index (κ2) is 6.82. The van der Waals surface area contributed by atoms with E-state index in [4.69, 9.17) is 21.6 Å². The zero-order chi connectivity index (χ0) is 15.4. The van der Waals surface area contributed by atoms with Crippen LogP contribution in [0.2, 0.25) is 5.02 Å². The largest absolute Gasteiger partial charge is 0.482 e. The minimum absolute atomic E-state index is 0.0196. The van der Waals surface area contributed by atoms with E-state index in [1.54, 1.807) is 12.1 Å². The fourth-order valence-corrected chi connectivity index (χ4v) is 3.02. The van der Waals surface area contributed by atoms with Crippen molar-refractivity contribution >= 4 is 17.5 Å². The van der Waals surface area contributed by atoms with Crippen LogP contribution in [0.1, 0.15) is 25.8 Å². The predicted molar refractivity (Wildman–Crippen MR) is 81.2 cm³/mol. The summed E-state index contributed by atoms with van der Waals surface area (Å²) in [7, 11) is 0. The molecule has 1 aromatic carbocycles. The van der Waals surface area contributed by atoms with Crippen LogP contribution in [0, 0.1) is 23.2 Å². The van der Waals surface area contributed by atoms with Gasteiger partial charge in [-0.25, -0.2) is 0 Å². The van der Waals surface area contributed by atoms with Gasteiger partial charge in [-0.05, 0) is 36.5 Å².